The fraction of sp³-hybridized carbons (Fsp3) is 0.929. The lowest BCUT2D eigenvalue weighted by Crippen LogP contribution is -2.50. The molecule has 1 aliphatic rings. The second-order valence-corrected chi connectivity index (χ2v) is 5.55. The number of nitrogens with zero attached hydrogens (tertiary/aromatic N) is 1. The summed E-state index contributed by atoms with van der Waals surface area (Å²) < 4.78 is 0. The van der Waals surface area contributed by atoms with E-state index in [1.54, 1.807) is 0 Å². The smallest absolute Gasteiger partial charge is 0.310 e. The van der Waals surface area contributed by atoms with Gasteiger partial charge in [-0.05, 0) is 39.2 Å². The number of carbonyl (C=O) groups is 1. The Balaban J connectivity index is 2.71. The maximum Gasteiger partial charge on any atom is 0.310 e. The van der Waals surface area contributed by atoms with E-state index in [0.29, 0.717) is 6.04 Å². The van der Waals surface area contributed by atoms with Gasteiger partial charge in [-0.25, -0.2) is 0 Å². The molecular formula is C14H27NO2. The molecule has 0 radical (unpaired) electrons. The van der Waals surface area contributed by atoms with Crippen LogP contribution in [0.3, 0.4) is 0 Å². The molecule has 1 N–H and O–H groups in total. The second kappa shape index (κ2) is 6.39. The van der Waals surface area contributed by atoms with Crippen molar-refractivity contribution in [2.24, 2.45) is 5.41 Å². The van der Waals surface area contributed by atoms with Gasteiger partial charge in [0.25, 0.3) is 0 Å². The Hall–Kier alpha value is -0.570. The third kappa shape index (κ3) is 3.44. The first-order valence-corrected chi connectivity index (χ1v) is 7.03. The van der Waals surface area contributed by atoms with Gasteiger partial charge in [-0.15, -0.1) is 0 Å². The van der Waals surface area contributed by atoms with Crippen molar-refractivity contribution in [2.75, 3.05) is 13.1 Å². The highest BCUT2D eigenvalue weighted by Gasteiger charge is 2.42. The van der Waals surface area contributed by atoms with Crippen LogP contribution in [-0.4, -0.2) is 35.1 Å². The van der Waals surface area contributed by atoms with Crippen LogP contribution in [0.1, 0.15) is 59.3 Å². The third-order valence-corrected chi connectivity index (χ3v) is 4.12. The number of carboxylic acids is 1. The number of carboxylic acid groups (broad SMARTS) is 1. The molecule has 3 heteroatoms. The van der Waals surface area contributed by atoms with Gasteiger partial charge in [-0.2, -0.15) is 0 Å². The SMILES string of the molecule is CCCC(C)N1CCCC(CCC)(C(=O)O)C1. The van der Waals surface area contributed by atoms with Crippen molar-refractivity contribution in [3.63, 3.8) is 0 Å². The summed E-state index contributed by atoms with van der Waals surface area (Å²) in [5, 5.41) is 9.52. The van der Waals surface area contributed by atoms with E-state index in [1.807, 2.05) is 0 Å². The highest BCUT2D eigenvalue weighted by Crippen LogP contribution is 2.36. The Morgan fingerprint density at radius 2 is 2.12 bits per heavy atom. The Morgan fingerprint density at radius 1 is 1.41 bits per heavy atom. The van der Waals surface area contributed by atoms with Crippen LogP contribution in [0.25, 0.3) is 0 Å². The quantitative estimate of drug-likeness (QED) is 0.776. The lowest BCUT2D eigenvalue weighted by molar-refractivity contribution is -0.153. The monoisotopic (exact) mass is 241 g/mol. The number of hydrogen-bond acceptors (Lipinski definition) is 2. The lowest BCUT2D eigenvalue weighted by atomic mass is 9.76. The molecule has 17 heavy (non-hydrogen) atoms. The van der Waals surface area contributed by atoms with E-state index in [0.717, 1.165) is 38.8 Å². The van der Waals surface area contributed by atoms with E-state index >= 15 is 0 Å². The molecular weight excluding hydrogens is 214 g/mol. The van der Waals surface area contributed by atoms with Gasteiger partial charge in [0, 0.05) is 12.6 Å². The molecule has 0 aliphatic carbocycles. The molecule has 1 fully saturated rings. The van der Waals surface area contributed by atoms with Crippen LogP contribution < -0.4 is 0 Å². The standard InChI is InChI=1S/C14H27NO2/c1-4-7-12(3)15-10-6-9-14(11-15,8-5-2)13(16)17/h12H,4-11H2,1-3H3,(H,16,17). The van der Waals surface area contributed by atoms with Crippen molar-refractivity contribution in [2.45, 2.75) is 65.3 Å². The topological polar surface area (TPSA) is 40.5 Å². The predicted octanol–water partition coefficient (Wildman–Crippen LogP) is 3.14. The van der Waals surface area contributed by atoms with Gasteiger partial charge < -0.3 is 5.11 Å². The minimum absolute atomic E-state index is 0.477. The highest BCUT2D eigenvalue weighted by molar-refractivity contribution is 5.75. The maximum atomic E-state index is 11.6. The van der Waals surface area contributed by atoms with E-state index in [-0.39, 0.29) is 0 Å². The fourth-order valence-electron chi connectivity index (χ4n) is 3.11. The van der Waals surface area contributed by atoms with E-state index in [9.17, 15) is 9.90 Å². The van der Waals surface area contributed by atoms with Gasteiger partial charge in [-0.3, -0.25) is 9.69 Å². The molecule has 1 saturated heterocycles. The van der Waals surface area contributed by atoms with Gasteiger partial charge in [0.2, 0.25) is 0 Å². The molecule has 0 amide bonds. The summed E-state index contributed by atoms with van der Waals surface area (Å²) in [6.45, 7) is 8.32. The molecule has 0 bridgehead atoms. The van der Waals surface area contributed by atoms with Crippen LogP contribution in [0.5, 0.6) is 0 Å². The first-order chi connectivity index (χ1) is 8.05. The number of rotatable bonds is 6. The van der Waals surface area contributed by atoms with Crippen LogP contribution in [-0.2, 0) is 4.79 Å². The Morgan fingerprint density at radius 3 is 2.65 bits per heavy atom. The summed E-state index contributed by atoms with van der Waals surface area (Å²) in [5.74, 6) is -0.590. The van der Waals surface area contributed by atoms with Crippen LogP contribution in [0.2, 0.25) is 0 Å². The summed E-state index contributed by atoms with van der Waals surface area (Å²) in [7, 11) is 0. The molecule has 100 valence electrons. The molecule has 2 atom stereocenters. The summed E-state index contributed by atoms with van der Waals surface area (Å²) in [6, 6.07) is 0.524. The molecule has 1 rings (SSSR count). The van der Waals surface area contributed by atoms with Crippen molar-refractivity contribution in [3.8, 4) is 0 Å². The summed E-state index contributed by atoms with van der Waals surface area (Å²) in [5.41, 5.74) is -0.477. The van der Waals surface area contributed by atoms with Crippen LogP contribution >= 0.6 is 0 Å². The maximum absolute atomic E-state index is 11.6. The van der Waals surface area contributed by atoms with Crippen molar-refractivity contribution < 1.29 is 9.90 Å². The number of hydrogen-bond donors (Lipinski definition) is 1. The Bertz CT molecular complexity index is 251. The molecule has 1 aliphatic heterocycles. The Kier molecular flexibility index (Phi) is 5.44. The van der Waals surface area contributed by atoms with E-state index in [2.05, 4.69) is 25.7 Å². The predicted molar refractivity (Wildman–Crippen MR) is 70.2 cm³/mol. The summed E-state index contributed by atoms with van der Waals surface area (Å²) in [6.07, 6.45) is 6.00. The van der Waals surface area contributed by atoms with Crippen molar-refractivity contribution in [1.29, 1.82) is 0 Å². The highest BCUT2D eigenvalue weighted by atomic mass is 16.4. The second-order valence-electron chi connectivity index (χ2n) is 5.55. The van der Waals surface area contributed by atoms with Crippen molar-refractivity contribution in [3.05, 3.63) is 0 Å². The zero-order valence-corrected chi connectivity index (χ0v) is 11.5. The molecule has 1 heterocycles. The van der Waals surface area contributed by atoms with Gasteiger partial charge in [0.15, 0.2) is 0 Å². The van der Waals surface area contributed by atoms with Crippen LogP contribution in [0, 0.1) is 5.41 Å². The molecule has 0 aromatic rings. The van der Waals surface area contributed by atoms with Gasteiger partial charge in [-0.1, -0.05) is 26.7 Å². The van der Waals surface area contributed by atoms with E-state index in [1.165, 1.54) is 12.8 Å². The number of likely N-dealkylation sites (tertiary alicyclic amines) is 1. The van der Waals surface area contributed by atoms with Crippen LogP contribution in [0.4, 0.5) is 0 Å². The normalized spacial score (nSPS) is 27.9. The number of aliphatic carboxylic acids is 1. The van der Waals surface area contributed by atoms with E-state index in [4.69, 9.17) is 0 Å². The van der Waals surface area contributed by atoms with Crippen molar-refractivity contribution in [1.82, 2.24) is 4.90 Å². The van der Waals surface area contributed by atoms with E-state index < -0.39 is 11.4 Å². The first kappa shape index (κ1) is 14.5. The Labute approximate surface area is 105 Å². The average molecular weight is 241 g/mol. The van der Waals surface area contributed by atoms with Gasteiger partial charge in [0.05, 0.1) is 5.41 Å². The zero-order chi connectivity index (χ0) is 12.9. The summed E-state index contributed by atoms with van der Waals surface area (Å²) in [4.78, 5) is 14.0. The molecule has 0 saturated carbocycles. The molecule has 0 aromatic heterocycles. The van der Waals surface area contributed by atoms with Crippen molar-refractivity contribution >= 4 is 5.97 Å². The lowest BCUT2D eigenvalue weighted by Gasteiger charge is -2.42. The third-order valence-electron chi connectivity index (χ3n) is 4.12. The fourth-order valence-corrected chi connectivity index (χ4v) is 3.11. The largest absolute Gasteiger partial charge is 0.481 e. The minimum Gasteiger partial charge on any atom is -0.481 e. The van der Waals surface area contributed by atoms with Gasteiger partial charge in [0.1, 0.15) is 0 Å². The molecule has 0 spiro atoms. The zero-order valence-electron chi connectivity index (χ0n) is 11.5. The van der Waals surface area contributed by atoms with Crippen LogP contribution in [0.15, 0.2) is 0 Å². The summed E-state index contributed by atoms with van der Waals surface area (Å²) >= 11 is 0. The van der Waals surface area contributed by atoms with Gasteiger partial charge >= 0.3 is 5.97 Å². The molecule has 2 unspecified atom stereocenters. The molecule has 0 aromatic carbocycles. The first-order valence-electron chi connectivity index (χ1n) is 7.03. The molecule has 3 nitrogen and oxygen atoms in total. The minimum atomic E-state index is -0.590. The number of piperidine rings is 1. The average Bonchev–Trinajstić information content (AvgIpc) is 2.30.